The molecule has 0 aromatic carbocycles. The third-order valence-corrected chi connectivity index (χ3v) is 2.14. The van der Waals surface area contributed by atoms with Crippen LogP contribution in [0.2, 0.25) is 0 Å². The zero-order valence-electron chi connectivity index (χ0n) is 8.96. The summed E-state index contributed by atoms with van der Waals surface area (Å²) in [5.74, 6) is 1.55. The second kappa shape index (κ2) is 4.69. The minimum absolute atomic E-state index is 0.363. The largest absolute Gasteiger partial charge is 0.339 e. The van der Waals surface area contributed by atoms with Crippen molar-refractivity contribution in [1.82, 2.24) is 19.7 Å². The van der Waals surface area contributed by atoms with Crippen LogP contribution in [0.3, 0.4) is 0 Å². The highest BCUT2D eigenvalue weighted by Gasteiger charge is 2.08. The number of carbonyl (C=O) groups is 1. The SMILES string of the molecule is CCCc1nc(Cn2ccnc2C=O)no1. The number of hydrogen-bond donors (Lipinski definition) is 0. The van der Waals surface area contributed by atoms with Crippen LogP contribution in [-0.4, -0.2) is 26.0 Å². The second-order valence-electron chi connectivity index (χ2n) is 3.39. The molecule has 0 spiro atoms. The monoisotopic (exact) mass is 220 g/mol. The van der Waals surface area contributed by atoms with Gasteiger partial charge in [-0.05, 0) is 6.42 Å². The quantitative estimate of drug-likeness (QED) is 0.705. The minimum atomic E-state index is 0.363. The summed E-state index contributed by atoms with van der Waals surface area (Å²) >= 11 is 0. The predicted molar refractivity (Wildman–Crippen MR) is 55.0 cm³/mol. The van der Waals surface area contributed by atoms with Gasteiger partial charge in [0.25, 0.3) is 0 Å². The lowest BCUT2D eigenvalue weighted by molar-refractivity contribution is 0.111. The summed E-state index contributed by atoms with van der Waals surface area (Å²) in [6.45, 7) is 2.45. The zero-order valence-corrected chi connectivity index (χ0v) is 8.96. The van der Waals surface area contributed by atoms with Crippen molar-refractivity contribution >= 4 is 6.29 Å². The maximum atomic E-state index is 10.6. The molecular weight excluding hydrogens is 208 g/mol. The summed E-state index contributed by atoms with van der Waals surface area (Å²) in [6, 6.07) is 0. The van der Waals surface area contributed by atoms with Gasteiger partial charge in [0, 0.05) is 18.8 Å². The molecule has 2 heterocycles. The standard InChI is InChI=1S/C10H12N4O2/c1-2-3-10-12-8(13-16-10)6-14-5-4-11-9(14)7-15/h4-5,7H,2-3,6H2,1H3. The van der Waals surface area contributed by atoms with Crippen molar-refractivity contribution in [2.45, 2.75) is 26.3 Å². The smallest absolute Gasteiger partial charge is 0.226 e. The molecule has 0 N–H and O–H groups in total. The first kappa shape index (κ1) is 10.5. The maximum absolute atomic E-state index is 10.6. The van der Waals surface area contributed by atoms with Crippen LogP contribution in [0.5, 0.6) is 0 Å². The number of aldehydes is 1. The molecule has 6 nitrogen and oxygen atoms in total. The van der Waals surface area contributed by atoms with E-state index in [2.05, 4.69) is 15.1 Å². The molecule has 84 valence electrons. The highest BCUT2D eigenvalue weighted by atomic mass is 16.5. The highest BCUT2D eigenvalue weighted by Crippen LogP contribution is 2.04. The number of nitrogens with zero attached hydrogens (tertiary/aromatic N) is 4. The van der Waals surface area contributed by atoms with Crippen LogP contribution in [0.15, 0.2) is 16.9 Å². The molecule has 0 fully saturated rings. The number of aromatic nitrogens is 4. The van der Waals surface area contributed by atoms with E-state index in [0.29, 0.717) is 30.4 Å². The molecule has 0 saturated carbocycles. The number of hydrogen-bond acceptors (Lipinski definition) is 5. The van der Waals surface area contributed by atoms with Crippen LogP contribution in [0, 0.1) is 0 Å². The predicted octanol–water partition coefficient (Wildman–Crippen LogP) is 1.08. The fourth-order valence-corrected chi connectivity index (χ4v) is 1.39. The molecule has 0 unspecified atom stereocenters. The van der Waals surface area contributed by atoms with E-state index in [0.717, 1.165) is 12.8 Å². The molecule has 0 aliphatic carbocycles. The summed E-state index contributed by atoms with van der Waals surface area (Å²) in [7, 11) is 0. The Morgan fingerprint density at radius 1 is 1.56 bits per heavy atom. The molecule has 0 amide bonds. The van der Waals surface area contributed by atoms with Gasteiger partial charge in [-0.3, -0.25) is 4.79 Å². The molecule has 6 heteroatoms. The van der Waals surface area contributed by atoms with Crippen molar-refractivity contribution in [3.05, 3.63) is 29.9 Å². The van der Waals surface area contributed by atoms with E-state index >= 15 is 0 Å². The lowest BCUT2D eigenvalue weighted by atomic mass is 10.3. The minimum Gasteiger partial charge on any atom is -0.339 e. The first-order valence-electron chi connectivity index (χ1n) is 5.11. The molecule has 0 saturated heterocycles. The molecule has 0 aliphatic rings. The van der Waals surface area contributed by atoms with Crippen LogP contribution in [-0.2, 0) is 13.0 Å². The van der Waals surface area contributed by atoms with Gasteiger partial charge >= 0.3 is 0 Å². The topological polar surface area (TPSA) is 73.8 Å². The first-order chi connectivity index (χ1) is 7.83. The first-order valence-corrected chi connectivity index (χ1v) is 5.11. The summed E-state index contributed by atoms with van der Waals surface area (Å²) in [5, 5.41) is 3.83. The number of aryl methyl sites for hydroxylation is 1. The third kappa shape index (κ3) is 2.16. The summed E-state index contributed by atoms with van der Waals surface area (Å²) in [4.78, 5) is 18.7. The van der Waals surface area contributed by atoms with Crippen LogP contribution in [0.25, 0.3) is 0 Å². The van der Waals surface area contributed by atoms with Crippen molar-refractivity contribution in [1.29, 1.82) is 0 Å². The summed E-state index contributed by atoms with van der Waals surface area (Å²) < 4.78 is 6.72. The van der Waals surface area contributed by atoms with Crippen LogP contribution < -0.4 is 0 Å². The normalized spacial score (nSPS) is 10.6. The Bertz CT molecular complexity index is 475. The van der Waals surface area contributed by atoms with Crippen LogP contribution >= 0.6 is 0 Å². The number of carbonyl (C=O) groups excluding carboxylic acids is 1. The molecular formula is C10H12N4O2. The summed E-state index contributed by atoms with van der Waals surface area (Å²) in [6.07, 6.45) is 5.72. The van der Waals surface area contributed by atoms with E-state index in [1.165, 1.54) is 0 Å². The van der Waals surface area contributed by atoms with E-state index in [9.17, 15) is 4.79 Å². The van der Waals surface area contributed by atoms with E-state index in [-0.39, 0.29) is 0 Å². The highest BCUT2D eigenvalue weighted by molar-refractivity contribution is 5.69. The van der Waals surface area contributed by atoms with Gasteiger partial charge in [-0.15, -0.1) is 0 Å². The van der Waals surface area contributed by atoms with Crippen molar-refractivity contribution in [3.63, 3.8) is 0 Å². The molecule has 0 bridgehead atoms. The fraction of sp³-hybridized carbons (Fsp3) is 0.400. The Labute approximate surface area is 92.3 Å². The van der Waals surface area contributed by atoms with Gasteiger partial charge in [-0.25, -0.2) is 4.98 Å². The van der Waals surface area contributed by atoms with Gasteiger partial charge < -0.3 is 9.09 Å². The van der Waals surface area contributed by atoms with Crippen molar-refractivity contribution < 1.29 is 9.32 Å². The molecule has 0 radical (unpaired) electrons. The summed E-state index contributed by atoms with van der Waals surface area (Å²) in [5.41, 5.74) is 0. The van der Waals surface area contributed by atoms with Crippen LogP contribution in [0.1, 0.15) is 35.7 Å². The van der Waals surface area contributed by atoms with Crippen LogP contribution in [0.4, 0.5) is 0 Å². The molecule has 2 rings (SSSR count). The number of imidazole rings is 1. The van der Waals surface area contributed by atoms with Gasteiger partial charge in [0.2, 0.25) is 5.89 Å². The van der Waals surface area contributed by atoms with E-state index < -0.39 is 0 Å². The fourth-order valence-electron chi connectivity index (χ4n) is 1.39. The van der Waals surface area contributed by atoms with E-state index in [1.807, 2.05) is 6.92 Å². The molecule has 2 aromatic rings. The average Bonchev–Trinajstić information content (AvgIpc) is 2.89. The van der Waals surface area contributed by atoms with Gasteiger partial charge in [-0.2, -0.15) is 4.98 Å². The Balaban J connectivity index is 2.11. The maximum Gasteiger partial charge on any atom is 0.226 e. The molecule has 0 atom stereocenters. The zero-order chi connectivity index (χ0) is 11.4. The molecule has 2 aromatic heterocycles. The van der Waals surface area contributed by atoms with E-state index in [4.69, 9.17) is 4.52 Å². The van der Waals surface area contributed by atoms with E-state index in [1.54, 1.807) is 17.0 Å². The Morgan fingerprint density at radius 3 is 3.19 bits per heavy atom. The Hall–Kier alpha value is -1.98. The van der Waals surface area contributed by atoms with Crippen molar-refractivity contribution in [3.8, 4) is 0 Å². The Kier molecular flexibility index (Phi) is 3.09. The van der Waals surface area contributed by atoms with Crippen molar-refractivity contribution in [2.24, 2.45) is 0 Å². The lowest BCUT2D eigenvalue weighted by Gasteiger charge is -1.97. The Morgan fingerprint density at radius 2 is 2.44 bits per heavy atom. The number of rotatable bonds is 5. The third-order valence-electron chi connectivity index (χ3n) is 2.14. The average molecular weight is 220 g/mol. The molecule has 0 aliphatic heterocycles. The lowest BCUT2D eigenvalue weighted by Crippen LogP contribution is -2.04. The van der Waals surface area contributed by atoms with Gasteiger partial charge in [0.1, 0.15) is 0 Å². The van der Waals surface area contributed by atoms with Gasteiger partial charge in [0.15, 0.2) is 17.9 Å². The second-order valence-corrected chi connectivity index (χ2v) is 3.39. The van der Waals surface area contributed by atoms with Crippen molar-refractivity contribution in [2.75, 3.05) is 0 Å². The molecule has 16 heavy (non-hydrogen) atoms. The van der Waals surface area contributed by atoms with Gasteiger partial charge in [-0.1, -0.05) is 12.1 Å². The van der Waals surface area contributed by atoms with Gasteiger partial charge in [0.05, 0.1) is 6.54 Å².